The van der Waals surface area contributed by atoms with Crippen molar-refractivity contribution in [1.29, 1.82) is 0 Å². The van der Waals surface area contributed by atoms with Crippen LogP contribution in [-0.2, 0) is 6.18 Å². The van der Waals surface area contributed by atoms with Gasteiger partial charge in [0.05, 0.1) is 5.56 Å². The summed E-state index contributed by atoms with van der Waals surface area (Å²) in [6.45, 7) is 1.39. The zero-order valence-corrected chi connectivity index (χ0v) is 13.3. The number of urea groups is 1. The van der Waals surface area contributed by atoms with Crippen LogP contribution in [0.2, 0.25) is 0 Å². The average molecular weight is 329 g/mol. The van der Waals surface area contributed by atoms with Gasteiger partial charge in [0.1, 0.15) is 0 Å². The van der Waals surface area contributed by atoms with Gasteiger partial charge in [-0.15, -0.1) is 0 Å². The zero-order chi connectivity index (χ0) is 17.0. The third-order valence-corrected chi connectivity index (χ3v) is 4.34. The van der Waals surface area contributed by atoms with Gasteiger partial charge in [0.2, 0.25) is 0 Å². The number of halogens is 3. The number of benzene rings is 1. The van der Waals surface area contributed by atoms with Crippen molar-refractivity contribution in [3.63, 3.8) is 0 Å². The highest BCUT2D eigenvalue weighted by atomic mass is 19.4. The molecule has 0 spiro atoms. The van der Waals surface area contributed by atoms with Gasteiger partial charge in [-0.2, -0.15) is 13.2 Å². The summed E-state index contributed by atoms with van der Waals surface area (Å²) in [5.74, 6) is 0.169. The summed E-state index contributed by atoms with van der Waals surface area (Å²) < 4.78 is 38.1. The lowest BCUT2D eigenvalue weighted by atomic mass is 9.84. The fourth-order valence-corrected chi connectivity index (χ4v) is 3.18. The summed E-state index contributed by atoms with van der Waals surface area (Å²) in [5, 5.41) is 5.31. The van der Waals surface area contributed by atoms with E-state index in [-0.39, 0.29) is 18.0 Å². The highest BCUT2D eigenvalue weighted by Gasteiger charge is 2.33. The molecule has 2 amide bonds. The second-order valence-corrected chi connectivity index (χ2v) is 5.91. The van der Waals surface area contributed by atoms with Gasteiger partial charge in [-0.3, -0.25) is 4.90 Å². The molecule has 0 radical (unpaired) electrons. The minimum absolute atomic E-state index is 0.00295. The summed E-state index contributed by atoms with van der Waals surface area (Å²) in [6.07, 6.45) is -2.38. The number of carbonyl (C=O) groups is 1. The van der Waals surface area contributed by atoms with Crippen molar-refractivity contribution < 1.29 is 18.0 Å². The Labute approximate surface area is 134 Å². The Morgan fingerprint density at radius 2 is 1.96 bits per heavy atom. The molecule has 2 rings (SSSR count). The fourth-order valence-electron chi connectivity index (χ4n) is 3.18. The minimum Gasteiger partial charge on any atom is -0.341 e. The van der Waals surface area contributed by atoms with Gasteiger partial charge in [0, 0.05) is 19.6 Å². The number of likely N-dealkylation sites (tertiary alicyclic amines) is 1. The summed E-state index contributed by atoms with van der Waals surface area (Å²) in [5.41, 5.74) is 0.212. The van der Waals surface area contributed by atoms with Gasteiger partial charge in [0.25, 0.3) is 0 Å². The standard InChI is InChI=1S/C16H22F3N3O/c1-20-15(23)21-10-12-4-3-9-22(2)14(12)11-5-7-13(8-6-11)16(17,18)19/h5-8,12,14H,3-4,9-10H2,1-2H3,(H2,20,21,23)/t12-,14+/m0/s1. The first-order valence-corrected chi connectivity index (χ1v) is 7.66. The maximum atomic E-state index is 12.7. The Hall–Kier alpha value is -1.76. The Balaban J connectivity index is 2.16. The lowest BCUT2D eigenvalue weighted by Gasteiger charge is -2.39. The maximum absolute atomic E-state index is 12.7. The normalized spacial score (nSPS) is 22.7. The summed E-state index contributed by atoms with van der Waals surface area (Å²) in [7, 11) is 3.52. The van der Waals surface area contributed by atoms with E-state index in [4.69, 9.17) is 0 Å². The minimum atomic E-state index is -4.32. The molecule has 1 aromatic rings. The van der Waals surface area contributed by atoms with E-state index in [9.17, 15) is 18.0 Å². The zero-order valence-electron chi connectivity index (χ0n) is 13.3. The number of rotatable bonds is 3. The lowest BCUT2D eigenvalue weighted by Crippen LogP contribution is -2.43. The third-order valence-electron chi connectivity index (χ3n) is 4.34. The summed E-state index contributed by atoms with van der Waals surface area (Å²) in [4.78, 5) is 13.5. The molecule has 4 nitrogen and oxygen atoms in total. The van der Waals surface area contributed by atoms with Gasteiger partial charge in [-0.1, -0.05) is 12.1 Å². The molecule has 0 aromatic heterocycles. The van der Waals surface area contributed by atoms with Crippen molar-refractivity contribution in [2.24, 2.45) is 5.92 Å². The van der Waals surface area contributed by atoms with E-state index < -0.39 is 11.7 Å². The molecule has 0 saturated carbocycles. The summed E-state index contributed by atoms with van der Waals surface area (Å²) >= 11 is 0. The molecule has 2 atom stereocenters. The van der Waals surface area contributed by atoms with Crippen molar-refractivity contribution >= 4 is 6.03 Å². The number of amides is 2. The fraction of sp³-hybridized carbons (Fsp3) is 0.562. The molecule has 1 aromatic carbocycles. The number of alkyl halides is 3. The molecule has 0 aliphatic carbocycles. The highest BCUT2D eigenvalue weighted by molar-refractivity contribution is 5.73. The van der Waals surface area contributed by atoms with E-state index in [1.54, 1.807) is 19.2 Å². The molecule has 1 saturated heterocycles. The van der Waals surface area contributed by atoms with E-state index >= 15 is 0 Å². The van der Waals surface area contributed by atoms with Crippen LogP contribution in [0.4, 0.5) is 18.0 Å². The van der Waals surface area contributed by atoms with Crippen molar-refractivity contribution in [2.75, 3.05) is 27.2 Å². The second kappa shape index (κ2) is 7.21. The Morgan fingerprint density at radius 1 is 1.30 bits per heavy atom. The predicted molar refractivity (Wildman–Crippen MR) is 82.0 cm³/mol. The van der Waals surface area contributed by atoms with E-state index in [1.165, 1.54) is 0 Å². The molecule has 0 bridgehead atoms. The van der Waals surface area contributed by atoms with Crippen LogP contribution in [0.25, 0.3) is 0 Å². The molecule has 1 heterocycles. The van der Waals surface area contributed by atoms with Gasteiger partial charge >= 0.3 is 12.2 Å². The highest BCUT2D eigenvalue weighted by Crippen LogP contribution is 2.36. The number of hydrogen-bond acceptors (Lipinski definition) is 2. The van der Waals surface area contributed by atoms with E-state index in [0.717, 1.165) is 37.1 Å². The quantitative estimate of drug-likeness (QED) is 0.895. The smallest absolute Gasteiger partial charge is 0.341 e. The number of carbonyl (C=O) groups excluding carboxylic acids is 1. The van der Waals surface area contributed by atoms with E-state index in [1.807, 2.05) is 7.05 Å². The predicted octanol–water partition coefficient (Wildman–Crippen LogP) is 3.02. The Morgan fingerprint density at radius 3 is 2.52 bits per heavy atom. The van der Waals surface area contributed by atoms with E-state index in [2.05, 4.69) is 15.5 Å². The molecular formula is C16H22F3N3O. The van der Waals surface area contributed by atoms with Crippen molar-refractivity contribution in [1.82, 2.24) is 15.5 Å². The molecule has 2 N–H and O–H groups in total. The molecule has 7 heteroatoms. The van der Waals surface area contributed by atoms with Crippen molar-refractivity contribution in [3.05, 3.63) is 35.4 Å². The van der Waals surface area contributed by atoms with Crippen molar-refractivity contribution in [3.8, 4) is 0 Å². The topological polar surface area (TPSA) is 44.4 Å². The SMILES string of the molecule is CNC(=O)NC[C@@H]1CCCN(C)[C@@H]1c1ccc(C(F)(F)F)cc1. The first-order chi connectivity index (χ1) is 10.8. The van der Waals surface area contributed by atoms with Crippen molar-refractivity contribution in [2.45, 2.75) is 25.1 Å². The van der Waals surface area contributed by atoms with Crippen LogP contribution in [-0.4, -0.2) is 38.1 Å². The van der Waals surface area contributed by atoms with Gasteiger partial charge in [-0.05, 0) is 50.0 Å². The summed E-state index contributed by atoms with van der Waals surface area (Å²) in [6, 6.07) is 5.10. The van der Waals surface area contributed by atoms with Crippen LogP contribution in [0.5, 0.6) is 0 Å². The number of hydrogen-bond donors (Lipinski definition) is 2. The molecule has 1 aliphatic heterocycles. The number of nitrogens with zero attached hydrogens (tertiary/aromatic N) is 1. The third kappa shape index (κ3) is 4.37. The first-order valence-electron chi connectivity index (χ1n) is 7.66. The number of nitrogens with one attached hydrogen (secondary N) is 2. The average Bonchev–Trinajstić information content (AvgIpc) is 2.52. The largest absolute Gasteiger partial charge is 0.416 e. The van der Waals surface area contributed by atoms with Gasteiger partial charge in [-0.25, -0.2) is 4.79 Å². The monoisotopic (exact) mass is 329 g/mol. The first kappa shape index (κ1) is 17.6. The second-order valence-electron chi connectivity index (χ2n) is 5.91. The van der Waals surface area contributed by atoms with Crippen LogP contribution < -0.4 is 10.6 Å². The molecule has 0 unspecified atom stereocenters. The van der Waals surface area contributed by atoms with E-state index in [0.29, 0.717) is 6.54 Å². The van der Waals surface area contributed by atoms with Crippen LogP contribution >= 0.6 is 0 Å². The maximum Gasteiger partial charge on any atom is 0.416 e. The molecule has 1 aliphatic rings. The van der Waals surface area contributed by atoms with Gasteiger partial charge < -0.3 is 10.6 Å². The molecular weight excluding hydrogens is 307 g/mol. The Kier molecular flexibility index (Phi) is 5.51. The van der Waals surface area contributed by atoms with Crippen LogP contribution in [0.15, 0.2) is 24.3 Å². The Bertz CT molecular complexity index is 530. The van der Waals surface area contributed by atoms with Crippen LogP contribution in [0.1, 0.15) is 30.0 Å². The molecule has 23 heavy (non-hydrogen) atoms. The molecule has 128 valence electrons. The lowest BCUT2D eigenvalue weighted by molar-refractivity contribution is -0.137. The van der Waals surface area contributed by atoms with Crippen LogP contribution in [0.3, 0.4) is 0 Å². The van der Waals surface area contributed by atoms with Gasteiger partial charge in [0.15, 0.2) is 0 Å². The number of piperidine rings is 1. The molecule has 1 fully saturated rings. The van der Waals surface area contributed by atoms with Crippen LogP contribution in [0, 0.1) is 5.92 Å².